The highest BCUT2D eigenvalue weighted by Gasteiger charge is 2.22. The number of rotatable bonds is 2. The summed E-state index contributed by atoms with van der Waals surface area (Å²) in [6.45, 7) is 4.14. The fraction of sp³-hybridized carbons (Fsp3) is 0.538. The van der Waals surface area contributed by atoms with Crippen molar-refractivity contribution in [2.75, 3.05) is 13.1 Å². The molecule has 2 N–H and O–H groups in total. The molecule has 1 saturated heterocycles. The van der Waals surface area contributed by atoms with E-state index in [1.165, 1.54) is 5.56 Å². The van der Waals surface area contributed by atoms with Crippen LogP contribution in [0.5, 0.6) is 0 Å². The normalized spacial score (nSPS) is 20.1. The Balaban J connectivity index is 2.08. The van der Waals surface area contributed by atoms with Gasteiger partial charge in [0, 0.05) is 0 Å². The molecule has 0 radical (unpaired) electrons. The molecule has 1 aliphatic rings. The van der Waals surface area contributed by atoms with Crippen molar-refractivity contribution in [3.05, 3.63) is 35.4 Å². The van der Waals surface area contributed by atoms with Crippen molar-refractivity contribution < 1.29 is 5.11 Å². The largest absolute Gasteiger partial charge is 0.388 e. The van der Waals surface area contributed by atoms with Gasteiger partial charge in [-0.25, -0.2) is 0 Å². The summed E-state index contributed by atoms with van der Waals surface area (Å²) < 4.78 is 0. The highest BCUT2D eigenvalue weighted by atomic mass is 16.3. The van der Waals surface area contributed by atoms with Gasteiger partial charge in [-0.2, -0.15) is 0 Å². The number of aliphatic hydroxyl groups excluding tert-OH is 1. The summed E-state index contributed by atoms with van der Waals surface area (Å²) >= 11 is 0. The van der Waals surface area contributed by atoms with E-state index in [0.717, 1.165) is 31.5 Å². The molecule has 1 atom stereocenters. The van der Waals surface area contributed by atoms with Crippen LogP contribution in [0.25, 0.3) is 0 Å². The quantitative estimate of drug-likeness (QED) is 0.774. The average molecular weight is 205 g/mol. The van der Waals surface area contributed by atoms with Crippen LogP contribution in [-0.4, -0.2) is 18.2 Å². The third-order valence-corrected chi connectivity index (χ3v) is 3.21. The number of nitrogens with one attached hydrogen (secondary N) is 1. The molecule has 0 bridgehead atoms. The van der Waals surface area contributed by atoms with Gasteiger partial charge in [-0.15, -0.1) is 0 Å². The Kier molecular flexibility index (Phi) is 3.39. The topological polar surface area (TPSA) is 32.3 Å². The minimum absolute atomic E-state index is 0.285. The number of hydrogen-bond acceptors (Lipinski definition) is 2. The van der Waals surface area contributed by atoms with Gasteiger partial charge in [-0.1, -0.05) is 29.8 Å². The van der Waals surface area contributed by atoms with E-state index in [2.05, 4.69) is 24.4 Å². The maximum atomic E-state index is 10.2. The van der Waals surface area contributed by atoms with E-state index in [4.69, 9.17) is 0 Å². The lowest BCUT2D eigenvalue weighted by molar-refractivity contribution is 0.0889. The molecule has 1 fully saturated rings. The Morgan fingerprint density at radius 1 is 1.33 bits per heavy atom. The molecule has 0 amide bonds. The Morgan fingerprint density at radius 2 is 2.07 bits per heavy atom. The van der Waals surface area contributed by atoms with Crippen molar-refractivity contribution in [1.82, 2.24) is 5.32 Å². The molecular weight excluding hydrogens is 186 g/mol. The molecule has 2 nitrogen and oxygen atoms in total. The molecule has 82 valence electrons. The first kappa shape index (κ1) is 10.7. The SMILES string of the molecule is Cc1cccc(C(O)C2CCNCC2)c1. The van der Waals surface area contributed by atoms with Crippen LogP contribution < -0.4 is 5.32 Å². The van der Waals surface area contributed by atoms with Gasteiger partial charge in [0.05, 0.1) is 6.10 Å². The van der Waals surface area contributed by atoms with Crippen LogP contribution in [0.2, 0.25) is 0 Å². The van der Waals surface area contributed by atoms with Crippen LogP contribution in [0, 0.1) is 12.8 Å². The van der Waals surface area contributed by atoms with Gasteiger partial charge >= 0.3 is 0 Å². The van der Waals surface area contributed by atoms with Gasteiger partial charge in [-0.05, 0) is 44.3 Å². The second kappa shape index (κ2) is 4.77. The summed E-state index contributed by atoms with van der Waals surface area (Å²) in [4.78, 5) is 0. The third kappa shape index (κ3) is 2.58. The van der Waals surface area contributed by atoms with Crippen LogP contribution in [0.4, 0.5) is 0 Å². The lowest BCUT2D eigenvalue weighted by Gasteiger charge is -2.27. The van der Waals surface area contributed by atoms with E-state index in [1.54, 1.807) is 0 Å². The summed E-state index contributed by atoms with van der Waals surface area (Å²) in [5, 5.41) is 13.6. The summed E-state index contributed by atoms with van der Waals surface area (Å²) in [6.07, 6.45) is 1.87. The van der Waals surface area contributed by atoms with Crippen LogP contribution in [0.3, 0.4) is 0 Å². The van der Waals surface area contributed by atoms with Gasteiger partial charge in [0.2, 0.25) is 0 Å². The summed E-state index contributed by atoms with van der Waals surface area (Å²) in [5.41, 5.74) is 2.29. The minimum atomic E-state index is -0.285. The maximum Gasteiger partial charge on any atom is 0.0819 e. The smallest absolute Gasteiger partial charge is 0.0819 e. The molecule has 0 spiro atoms. The molecular formula is C13H19NO. The zero-order valence-electron chi connectivity index (χ0n) is 9.24. The molecule has 1 aliphatic heterocycles. The number of hydrogen-bond donors (Lipinski definition) is 2. The first-order valence-corrected chi connectivity index (χ1v) is 5.73. The number of aliphatic hydroxyl groups is 1. The Labute approximate surface area is 91.3 Å². The van der Waals surface area contributed by atoms with Gasteiger partial charge in [0.1, 0.15) is 0 Å². The molecule has 15 heavy (non-hydrogen) atoms. The maximum absolute atomic E-state index is 10.2. The van der Waals surface area contributed by atoms with Crippen molar-refractivity contribution in [3.8, 4) is 0 Å². The van der Waals surface area contributed by atoms with Crippen LogP contribution in [0.1, 0.15) is 30.1 Å². The van der Waals surface area contributed by atoms with Gasteiger partial charge in [0.25, 0.3) is 0 Å². The first-order valence-electron chi connectivity index (χ1n) is 5.73. The molecule has 1 heterocycles. The Hall–Kier alpha value is -0.860. The van der Waals surface area contributed by atoms with Crippen molar-refractivity contribution >= 4 is 0 Å². The number of benzene rings is 1. The van der Waals surface area contributed by atoms with Crippen LogP contribution in [0.15, 0.2) is 24.3 Å². The molecule has 2 heteroatoms. The first-order chi connectivity index (χ1) is 7.27. The number of piperidine rings is 1. The van der Waals surface area contributed by atoms with Crippen molar-refractivity contribution in [1.29, 1.82) is 0 Å². The second-order valence-electron chi connectivity index (χ2n) is 4.45. The van der Waals surface area contributed by atoms with Crippen LogP contribution >= 0.6 is 0 Å². The van der Waals surface area contributed by atoms with Crippen LogP contribution in [-0.2, 0) is 0 Å². The molecule has 0 aliphatic carbocycles. The highest BCUT2D eigenvalue weighted by Crippen LogP contribution is 2.28. The van der Waals surface area contributed by atoms with Crippen molar-refractivity contribution in [3.63, 3.8) is 0 Å². The predicted molar refractivity (Wildman–Crippen MR) is 61.7 cm³/mol. The third-order valence-electron chi connectivity index (χ3n) is 3.21. The highest BCUT2D eigenvalue weighted by molar-refractivity contribution is 5.24. The number of aryl methyl sites for hydroxylation is 1. The Morgan fingerprint density at radius 3 is 2.73 bits per heavy atom. The van der Waals surface area contributed by atoms with Gasteiger partial charge in [0.15, 0.2) is 0 Å². The van der Waals surface area contributed by atoms with E-state index in [9.17, 15) is 5.11 Å². The lowest BCUT2D eigenvalue weighted by Crippen LogP contribution is -2.30. The molecule has 1 aromatic rings. The molecule has 1 aromatic carbocycles. The summed E-state index contributed by atoms with van der Waals surface area (Å²) in [6, 6.07) is 8.21. The standard InChI is InChI=1S/C13H19NO/c1-10-3-2-4-12(9-10)13(15)11-5-7-14-8-6-11/h2-4,9,11,13-15H,5-8H2,1H3. The zero-order valence-corrected chi connectivity index (χ0v) is 9.24. The van der Waals surface area contributed by atoms with E-state index in [-0.39, 0.29) is 6.10 Å². The molecule has 1 unspecified atom stereocenters. The van der Waals surface area contributed by atoms with E-state index < -0.39 is 0 Å². The van der Waals surface area contributed by atoms with E-state index in [1.807, 2.05) is 12.1 Å². The van der Waals surface area contributed by atoms with Crippen molar-refractivity contribution in [2.24, 2.45) is 5.92 Å². The fourth-order valence-corrected chi connectivity index (χ4v) is 2.29. The Bertz CT molecular complexity index is 318. The fourth-order valence-electron chi connectivity index (χ4n) is 2.29. The summed E-state index contributed by atoms with van der Waals surface area (Å²) in [5.74, 6) is 0.424. The average Bonchev–Trinajstić information content (AvgIpc) is 2.29. The molecule has 0 aromatic heterocycles. The van der Waals surface area contributed by atoms with Gasteiger partial charge in [-0.3, -0.25) is 0 Å². The van der Waals surface area contributed by atoms with Crippen molar-refractivity contribution in [2.45, 2.75) is 25.9 Å². The molecule has 2 rings (SSSR count). The summed E-state index contributed by atoms with van der Waals surface area (Å²) in [7, 11) is 0. The van der Waals surface area contributed by atoms with Gasteiger partial charge < -0.3 is 10.4 Å². The monoisotopic (exact) mass is 205 g/mol. The predicted octanol–water partition coefficient (Wildman–Crippen LogP) is 2.03. The zero-order chi connectivity index (χ0) is 10.7. The lowest BCUT2D eigenvalue weighted by atomic mass is 9.88. The van der Waals surface area contributed by atoms with E-state index in [0.29, 0.717) is 5.92 Å². The van der Waals surface area contributed by atoms with E-state index >= 15 is 0 Å². The molecule has 0 saturated carbocycles. The second-order valence-corrected chi connectivity index (χ2v) is 4.45. The minimum Gasteiger partial charge on any atom is -0.388 e.